The average molecular weight is 471 g/mol. The first kappa shape index (κ1) is 24.6. The predicted molar refractivity (Wildman–Crippen MR) is 128 cm³/mol. The first-order chi connectivity index (χ1) is 15.9. The van der Waals surface area contributed by atoms with Gasteiger partial charge in [-0.25, -0.2) is 4.39 Å². The number of hydrogen-bond acceptors (Lipinski definition) is 4. The fraction of sp³-hybridized carbons (Fsp3) is 0.269. The molecule has 0 saturated carbocycles. The number of carbonyl (C=O) groups is 1. The zero-order chi connectivity index (χ0) is 23.8. The monoisotopic (exact) mass is 470 g/mol. The van der Waals surface area contributed by atoms with Crippen LogP contribution in [0.3, 0.4) is 0 Å². The van der Waals surface area contributed by atoms with Crippen LogP contribution in [0.25, 0.3) is 0 Å². The first-order valence-corrected chi connectivity index (χ1v) is 11.1. The minimum absolute atomic E-state index is 0.0569. The number of ether oxygens (including phenoxy) is 2. The molecule has 0 aliphatic rings. The SMILES string of the molecule is COc1cc(C(=O)N(CCCN)Cc2ccc(Cl)cc2)ccc1OCc1c(C)cccc1F. The number of methoxy groups -OCH3 is 1. The van der Waals surface area contributed by atoms with Gasteiger partial charge in [0.2, 0.25) is 0 Å². The van der Waals surface area contributed by atoms with E-state index < -0.39 is 0 Å². The number of benzene rings is 3. The summed E-state index contributed by atoms with van der Waals surface area (Å²) < 4.78 is 25.4. The Hall–Kier alpha value is -3.09. The van der Waals surface area contributed by atoms with E-state index in [1.54, 1.807) is 41.3 Å². The van der Waals surface area contributed by atoms with Crippen LogP contribution in [0.15, 0.2) is 60.7 Å². The number of nitrogens with zero attached hydrogens (tertiary/aromatic N) is 1. The molecular formula is C26H28ClFN2O3. The van der Waals surface area contributed by atoms with Crippen LogP contribution in [-0.2, 0) is 13.2 Å². The van der Waals surface area contributed by atoms with Crippen molar-refractivity contribution in [1.82, 2.24) is 4.90 Å². The van der Waals surface area contributed by atoms with E-state index >= 15 is 0 Å². The number of amides is 1. The molecule has 5 nitrogen and oxygen atoms in total. The highest BCUT2D eigenvalue weighted by Gasteiger charge is 2.19. The molecule has 0 unspecified atom stereocenters. The van der Waals surface area contributed by atoms with E-state index in [0.717, 1.165) is 11.1 Å². The maximum atomic E-state index is 14.1. The maximum absolute atomic E-state index is 14.1. The fourth-order valence-electron chi connectivity index (χ4n) is 3.45. The maximum Gasteiger partial charge on any atom is 0.254 e. The Kier molecular flexibility index (Phi) is 8.69. The summed E-state index contributed by atoms with van der Waals surface area (Å²) in [6.45, 7) is 3.32. The molecule has 0 radical (unpaired) electrons. The zero-order valence-electron chi connectivity index (χ0n) is 18.8. The van der Waals surface area contributed by atoms with Crippen molar-refractivity contribution in [2.24, 2.45) is 5.73 Å². The van der Waals surface area contributed by atoms with Gasteiger partial charge in [0.25, 0.3) is 5.91 Å². The minimum atomic E-state index is -0.321. The molecule has 1 amide bonds. The summed E-state index contributed by atoms with van der Waals surface area (Å²) in [5.74, 6) is 0.370. The molecule has 0 spiro atoms. The van der Waals surface area contributed by atoms with Gasteiger partial charge >= 0.3 is 0 Å². The van der Waals surface area contributed by atoms with Crippen molar-refractivity contribution in [3.05, 3.63) is 93.8 Å². The van der Waals surface area contributed by atoms with Gasteiger partial charge in [-0.1, -0.05) is 35.9 Å². The van der Waals surface area contributed by atoms with Gasteiger partial charge in [-0.2, -0.15) is 0 Å². The molecule has 0 saturated heterocycles. The number of carbonyl (C=O) groups excluding carboxylic acids is 1. The van der Waals surface area contributed by atoms with Crippen LogP contribution < -0.4 is 15.2 Å². The number of hydrogen-bond donors (Lipinski definition) is 1. The van der Waals surface area contributed by atoms with Crippen LogP contribution in [0.1, 0.15) is 33.5 Å². The molecule has 0 bridgehead atoms. The van der Waals surface area contributed by atoms with E-state index in [0.29, 0.717) is 53.7 Å². The third-order valence-corrected chi connectivity index (χ3v) is 5.59. The van der Waals surface area contributed by atoms with Crippen molar-refractivity contribution >= 4 is 17.5 Å². The Morgan fingerprint density at radius 2 is 1.85 bits per heavy atom. The first-order valence-electron chi connectivity index (χ1n) is 10.7. The number of rotatable bonds is 10. The molecule has 2 N–H and O–H groups in total. The molecule has 3 aromatic carbocycles. The van der Waals surface area contributed by atoms with E-state index in [9.17, 15) is 9.18 Å². The van der Waals surface area contributed by atoms with Gasteiger partial charge in [-0.15, -0.1) is 0 Å². The van der Waals surface area contributed by atoms with Crippen LogP contribution in [0.5, 0.6) is 11.5 Å². The lowest BCUT2D eigenvalue weighted by molar-refractivity contribution is 0.0741. The van der Waals surface area contributed by atoms with Crippen molar-refractivity contribution in [2.45, 2.75) is 26.5 Å². The average Bonchev–Trinajstić information content (AvgIpc) is 2.82. The highest BCUT2D eigenvalue weighted by atomic mass is 35.5. The van der Waals surface area contributed by atoms with Gasteiger partial charge in [0.1, 0.15) is 12.4 Å². The van der Waals surface area contributed by atoms with Gasteiger partial charge in [0.05, 0.1) is 7.11 Å². The summed E-state index contributed by atoms with van der Waals surface area (Å²) in [4.78, 5) is 15.0. The summed E-state index contributed by atoms with van der Waals surface area (Å²) in [6, 6.07) is 17.3. The highest BCUT2D eigenvalue weighted by molar-refractivity contribution is 6.30. The lowest BCUT2D eigenvalue weighted by Crippen LogP contribution is -2.32. The molecular weight excluding hydrogens is 443 g/mol. The van der Waals surface area contributed by atoms with E-state index in [2.05, 4.69) is 0 Å². The Morgan fingerprint density at radius 3 is 2.52 bits per heavy atom. The minimum Gasteiger partial charge on any atom is -0.493 e. The molecule has 0 aliphatic heterocycles. The van der Waals surface area contributed by atoms with E-state index in [1.165, 1.54) is 13.2 Å². The topological polar surface area (TPSA) is 64.8 Å². The Bertz CT molecular complexity index is 1070. The second-order valence-corrected chi connectivity index (χ2v) is 8.12. The lowest BCUT2D eigenvalue weighted by atomic mass is 10.1. The molecule has 3 aromatic rings. The van der Waals surface area contributed by atoms with Gasteiger partial charge in [-0.05, 0) is 67.4 Å². The predicted octanol–water partition coefficient (Wildman–Crippen LogP) is 5.37. The van der Waals surface area contributed by atoms with E-state index in [-0.39, 0.29) is 18.3 Å². The fourth-order valence-corrected chi connectivity index (χ4v) is 3.57. The highest BCUT2D eigenvalue weighted by Crippen LogP contribution is 2.30. The summed E-state index contributed by atoms with van der Waals surface area (Å²) in [5, 5.41) is 0.643. The second-order valence-electron chi connectivity index (χ2n) is 7.69. The molecule has 174 valence electrons. The summed E-state index contributed by atoms with van der Waals surface area (Å²) in [7, 11) is 1.50. The Morgan fingerprint density at radius 1 is 1.09 bits per heavy atom. The van der Waals surface area contributed by atoms with Gasteiger partial charge < -0.3 is 20.1 Å². The normalized spacial score (nSPS) is 10.7. The van der Waals surface area contributed by atoms with Crippen molar-refractivity contribution < 1.29 is 18.7 Å². The van der Waals surface area contributed by atoms with E-state index in [4.69, 9.17) is 26.8 Å². The summed E-state index contributed by atoms with van der Waals surface area (Å²) in [6.07, 6.45) is 0.680. The molecule has 0 heterocycles. The van der Waals surface area contributed by atoms with Crippen LogP contribution in [-0.4, -0.2) is 31.0 Å². The molecule has 0 aromatic heterocycles. The van der Waals surface area contributed by atoms with Crippen LogP contribution in [0.2, 0.25) is 5.02 Å². The molecule has 7 heteroatoms. The summed E-state index contributed by atoms with van der Waals surface area (Å²) in [5.41, 5.74) is 8.40. The third-order valence-electron chi connectivity index (χ3n) is 5.34. The van der Waals surface area contributed by atoms with Crippen LogP contribution in [0.4, 0.5) is 4.39 Å². The number of aryl methyl sites for hydroxylation is 1. The van der Waals surface area contributed by atoms with Crippen molar-refractivity contribution in [2.75, 3.05) is 20.2 Å². The van der Waals surface area contributed by atoms with E-state index in [1.807, 2.05) is 25.1 Å². The second kappa shape index (κ2) is 11.7. The van der Waals surface area contributed by atoms with Gasteiger partial charge in [-0.3, -0.25) is 4.79 Å². The zero-order valence-corrected chi connectivity index (χ0v) is 19.6. The molecule has 0 fully saturated rings. The van der Waals surface area contributed by atoms with Gasteiger partial charge in [0, 0.05) is 29.2 Å². The van der Waals surface area contributed by atoms with Crippen molar-refractivity contribution in [3.63, 3.8) is 0 Å². The van der Waals surface area contributed by atoms with Crippen LogP contribution in [0, 0.1) is 12.7 Å². The van der Waals surface area contributed by atoms with Crippen LogP contribution >= 0.6 is 11.6 Å². The van der Waals surface area contributed by atoms with Crippen molar-refractivity contribution in [1.29, 1.82) is 0 Å². The quantitative estimate of drug-likeness (QED) is 0.433. The molecule has 0 atom stereocenters. The smallest absolute Gasteiger partial charge is 0.254 e. The van der Waals surface area contributed by atoms with Gasteiger partial charge in [0.15, 0.2) is 11.5 Å². The van der Waals surface area contributed by atoms with Crippen molar-refractivity contribution in [3.8, 4) is 11.5 Å². The summed E-state index contributed by atoms with van der Waals surface area (Å²) >= 11 is 5.98. The molecule has 3 rings (SSSR count). The number of halogens is 2. The largest absolute Gasteiger partial charge is 0.493 e. The lowest BCUT2D eigenvalue weighted by Gasteiger charge is -2.23. The third kappa shape index (κ3) is 6.46. The Balaban J connectivity index is 1.78. The Labute approximate surface area is 198 Å². The number of nitrogens with two attached hydrogens (primary N) is 1. The standard InChI is InChI=1S/C26H28ClFN2O3/c1-18-5-3-6-23(28)22(18)17-33-24-12-9-20(15-25(24)32-2)26(31)30(14-4-13-29)16-19-7-10-21(27)11-8-19/h3,5-12,15H,4,13-14,16-17,29H2,1-2H3. The molecule has 0 aliphatic carbocycles. The molecule has 33 heavy (non-hydrogen) atoms.